The Labute approximate surface area is 128 Å². The van der Waals surface area contributed by atoms with E-state index in [1.807, 2.05) is 11.8 Å². The predicted octanol–water partition coefficient (Wildman–Crippen LogP) is 2.50. The van der Waals surface area contributed by atoms with Gasteiger partial charge < -0.3 is 15.4 Å². The van der Waals surface area contributed by atoms with Crippen LogP contribution >= 0.6 is 11.8 Å². The molecule has 0 atom stereocenters. The van der Waals surface area contributed by atoms with Crippen molar-refractivity contribution < 1.29 is 4.74 Å². The van der Waals surface area contributed by atoms with Crippen molar-refractivity contribution in [2.45, 2.75) is 44.8 Å². The fraction of sp³-hybridized carbons (Fsp3) is 0.933. The van der Waals surface area contributed by atoms with Crippen LogP contribution in [-0.2, 0) is 4.74 Å². The normalized spacial score (nSPS) is 19.1. The zero-order valence-corrected chi connectivity index (χ0v) is 14.3. The standard InChI is InChI=1S/C15H31N3OS/c1-5-16-14(17-9-6-13(2)3)18-12-15(20-4)7-10-19-11-8-15/h13H,5-12H2,1-4H3,(H2,16,17,18). The maximum Gasteiger partial charge on any atom is 0.191 e. The maximum absolute atomic E-state index is 5.48. The van der Waals surface area contributed by atoms with E-state index < -0.39 is 0 Å². The van der Waals surface area contributed by atoms with Crippen molar-refractivity contribution >= 4 is 17.7 Å². The second-order valence-electron chi connectivity index (χ2n) is 5.80. The van der Waals surface area contributed by atoms with Crippen LogP contribution in [0.2, 0.25) is 0 Å². The molecule has 0 radical (unpaired) electrons. The number of hydrogen-bond donors (Lipinski definition) is 2. The van der Waals surface area contributed by atoms with E-state index in [0.717, 1.165) is 57.6 Å². The first kappa shape index (κ1) is 17.6. The van der Waals surface area contributed by atoms with Crippen molar-refractivity contribution in [2.24, 2.45) is 10.9 Å². The lowest BCUT2D eigenvalue weighted by Crippen LogP contribution is -2.41. The molecule has 0 aromatic carbocycles. The van der Waals surface area contributed by atoms with E-state index in [9.17, 15) is 0 Å². The summed E-state index contributed by atoms with van der Waals surface area (Å²) >= 11 is 1.94. The van der Waals surface area contributed by atoms with Crippen LogP contribution in [-0.4, -0.2) is 49.8 Å². The van der Waals surface area contributed by atoms with E-state index in [4.69, 9.17) is 9.73 Å². The summed E-state index contributed by atoms with van der Waals surface area (Å²) in [6.07, 6.45) is 5.57. The molecule has 0 aromatic rings. The van der Waals surface area contributed by atoms with Crippen molar-refractivity contribution in [3.63, 3.8) is 0 Å². The molecule has 5 heteroatoms. The fourth-order valence-corrected chi connectivity index (χ4v) is 2.98. The van der Waals surface area contributed by atoms with Crippen LogP contribution in [0.15, 0.2) is 4.99 Å². The molecule has 1 aliphatic heterocycles. The van der Waals surface area contributed by atoms with Crippen molar-refractivity contribution in [1.29, 1.82) is 0 Å². The minimum Gasteiger partial charge on any atom is -0.381 e. The number of guanidine groups is 1. The van der Waals surface area contributed by atoms with Gasteiger partial charge in [-0.2, -0.15) is 11.8 Å². The van der Waals surface area contributed by atoms with E-state index in [2.05, 4.69) is 37.7 Å². The van der Waals surface area contributed by atoms with Gasteiger partial charge in [0.1, 0.15) is 0 Å². The molecule has 4 nitrogen and oxygen atoms in total. The van der Waals surface area contributed by atoms with Crippen LogP contribution in [0.1, 0.15) is 40.0 Å². The van der Waals surface area contributed by atoms with Gasteiger partial charge >= 0.3 is 0 Å². The van der Waals surface area contributed by atoms with Crippen molar-refractivity contribution in [1.82, 2.24) is 10.6 Å². The summed E-state index contributed by atoms with van der Waals surface area (Å²) in [6, 6.07) is 0. The molecule has 0 spiro atoms. The third-order valence-corrected chi connectivity index (χ3v) is 5.12. The topological polar surface area (TPSA) is 45.7 Å². The van der Waals surface area contributed by atoms with Gasteiger partial charge in [0.15, 0.2) is 5.96 Å². The summed E-state index contributed by atoms with van der Waals surface area (Å²) in [6.45, 7) is 11.1. The molecule has 1 fully saturated rings. The number of aliphatic imine (C=N–C) groups is 1. The smallest absolute Gasteiger partial charge is 0.191 e. The Morgan fingerprint density at radius 1 is 1.30 bits per heavy atom. The number of ether oxygens (including phenoxy) is 1. The van der Waals surface area contributed by atoms with Crippen LogP contribution < -0.4 is 10.6 Å². The highest BCUT2D eigenvalue weighted by atomic mass is 32.2. The molecule has 1 aliphatic rings. The predicted molar refractivity (Wildman–Crippen MR) is 89.7 cm³/mol. The summed E-state index contributed by atoms with van der Waals surface area (Å²) in [4.78, 5) is 4.80. The molecule has 2 N–H and O–H groups in total. The van der Waals surface area contributed by atoms with Crippen molar-refractivity contribution in [3.05, 3.63) is 0 Å². The average molecular weight is 302 g/mol. The Balaban J connectivity index is 2.51. The van der Waals surface area contributed by atoms with Gasteiger partial charge in [0.2, 0.25) is 0 Å². The van der Waals surface area contributed by atoms with Crippen LogP contribution in [0.4, 0.5) is 0 Å². The van der Waals surface area contributed by atoms with Crippen LogP contribution in [0.3, 0.4) is 0 Å². The molecule has 1 saturated heterocycles. The molecule has 1 heterocycles. The fourth-order valence-electron chi connectivity index (χ4n) is 2.21. The molecule has 0 saturated carbocycles. The first-order valence-corrected chi connectivity index (χ1v) is 8.99. The summed E-state index contributed by atoms with van der Waals surface area (Å²) in [5.74, 6) is 1.67. The van der Waals surface area contributed by atoms with Gasteiger partial charge in [-0.3, -0.25) is 4.99 Å². The van der Waals surface area contributed by atoms with Crippen molar-refractivity contribution in [3.8, 4) is 0 Å². The van der Waals surface area contributed by atoms with Gasteiger partial charge in [-0.15, -0.1) is 0 Å². The number of nitrogens with zero attached hydrogens (tertiary/aromatic N) is 1. The lowest BCUT2D eigenvalue weighted by atomic mass is 9.99. The highest BCUT2D eigenvalue weighted by Gasteiger charge is 2.31. The van der Waals surface area contributed by atoms with Gasteiger partial charge in [-0.25, -0.2) is 0 Å². The minimum atomic E-state index is 0.263. The van der Waals surface area contributed by atoms with Crippen LogP contribution in [0.5, 0.6) is 0 Å². The zero-order chi connectivity index (χ0) is 14.8. The molecular weight excluding hydrogens is 270 g/mol. The third kappa shape index (κ3) is 6.35. The molecule has 0 aromatic heterocycles. The van der Waals surface area contributed by atoms with E-state index >= 15 is 0 Å². The Hall–Kier alpha value is -0.420. The highest BCUT2D eigenvalue weighted by molar-refractivity contribution is 8.00. The first-order chi connectivity index (χ1) is 9.62. The van der Waals surface area contributed by atoms with E-state index in [0.29, 0.717) is 0 Å². The number of thioether (sulfide) groups is 1. The highest BCUT2D eigenvalue weighted by Crippen LogP contribution is 2.33. The zero-order valence-electron chi connectivity index (χ0n) is 13.5. The Bertz CT molecular complexity index is 289. The molecule has 20 heavy (non-hydrogen) atoms. The van der Waals surface area contributed by atoms with Gasteiger partial charge in [-0.1, -0.05) is 13.8 Å². The number of hydrogen-bond acceptors (Lipinski definition) is 3. The van der Waals surface area contributed by atoms with E-state index in [-0.39, 0.29) is 4.75 Å². The summed E-state index contributed by atoms with van der Waals surface area (Å²) in [7, 11) is 0. The number of rotatable bonds is 7. The van der Waals surface area contributed by atoms with Crippen LogP contribution in [0, 0.1) is 5.92 Å². The lowest BCUT2D eigenvalue weighted by molar-refractivity contribution is 0.0794. The molecule has 1 rings (SSSR count). The van der Waals surface area contributed by atoms with Gasteiger partial charge in [0.05, 0.1) is 6.54 Å². The van der Waals surface area contributed by atoms with Crippen molar-refractivity contribution in [2.75, 3.05) is 39.1 Å². The first-order valence-electron chi connectivity index (χ1n) is 7.77. The Morgan fingerprint density at radius 3 is 2.55 bits per heavy atom. The largest absolute Gasteiger partial charge is 0.381 e. The molecule has 0 amide bonds. The molecule has 0 bridgehead atoms. The molecule has 0 unspecified atom stereocenters. The Morgan fingerprint density at radius 2 is 2.00 bits per heavy atom. The second kappa shape index (κ2) is 9.50. The van der Waals surface area contributed by atoms with E-state index in [1.54, 1.807) is 0 Å². The molecule has 0 aliphatic carbocycles. The summed E-state index contributed by atoms with van der Waals surface area (Å²) in [5.41, 5.74) is 0. The quantitative estimate of drug-likeness (QED) is 0.560. The summed E-state index contributed by atoms with van der Waals surface area (Å²) < 4.78 is 5.74. The van der Waals surface area contributed by atoms with Crippen LogP contribution in [0.25, 0.3) is 0 Å². The third-order valence-electron chi connectivity index (χ3n) is 3.72. The average Bonchev–Trinajstić information content (AvgIpc) is 2.45. The second-order valence-corrected chi connectivity index (χ2v) is 7.08. The monoisotopic (exact) mass is 301 g/mol. The number of nitrogens with one attached hydrogen (secondary N) is 2. The van der Waals surface area contributed by atoms with Gasteiger partial charge in [-0.05, 0) is 38.4 Å². The molecule has 118 valence electrons. The maximum atomic E-state index is 5.48. The summed E-state index contributed by atoms with van der Waals surface area (Å²) in [5, 5.41) is 6.77. The lowest BCUT2D eigenvalue weighted by Gasteiger charge is -2.34. The minimum absolute atomic E-state index is 0.263. The van der Waals surface area contributed by atoms with E-state index in [1.165, 1.54) is 6.42 Å². The van der Waals surface area contributed by atoms with Gasteiger partial charge in [0, 0.05) is 31.1 Å². The molecular formula is C15H31N3OS. The SMILES string of the molecule is CCNC(=NCC1(SC)CCOCC1)NCCC(C)C. The van der Waals surface area contributed by atoms with Gasteiger partial charge in [0.25, 0.3) is 0 Å². The Kier molecular flexibility index (Phi) is 8.38.